The van der Waals surface area contributed by atoms with E-state index in [-0.39, 0.29) is 11.9 Å². The fourth-order valence-electron chi connectivity index (χ4n) is 4.76. The van der Waals surface area contributed by atoms with Crippen molar-refractivity contribution < 1.29 is 9.53 Å². The minimum absolute atomic E-state index is 0.00271. The number of benzene rings is 2. The van der Waals surface area contributed by atoms with Gasteiger partial charge < -0.3 is 15.4 Å². The molecule has 2 aromatic carbocycles. The normalized spacial score (nSPS) is 15.8. The molecule has 5 aromatic rings. The van der Waals surface area contributed by atoms with Crippen LogP contribution >= 0.6 is 11.3 Å². The van der Waals surface area contributed by atoms with Crippen LogP contribution in [0.5, 0.6) is 11.5 Å². The average molecular weight is 523 g/mol. The van der Waals surface area contributed by atoms with Crippen LogP contribution < -0.4 is 10.5 Å². The van der Waals surface area contributed by atoms with Gasteiger partial charge in [0.15, 0.2) is 5.65 Å². The summed E-state index contributed by atoms with van der Waals surface area (Å²) in [4.78, 5) is 24.7. The quantitative estimate of drug-likeness (QED) is 0.283. The molecule has 1 atom stereocenters. The van der Waals surface area contributed by atoms with Crippen molar-refractivity contribution in [1.82, 2.24) is 24.6 Å². The summed E-state index contributed by atoms with van der Waals surface area (Å²) >= 11 is 1.61. The third kappa shape index (κ3) is 4.88. The van der Waals surface area contributed by atoms with Gasteiger partial charge >= 0.3 is 0 Å². The van der Waals surface area contributed by atoms with E-state index in [2.05, 4.69) is 9.97 Å². The third-order valence-corrected chi connectivity index (χ3v) is 7.45. The maximum absolute atomic E-state index is 12.9. The zero-order chi connectivity index (χ0) is 25.9. The Balaban J connectivity index is 1.28. The highest BCUT2D eigenvalue weighted by atomic mass is 32.1. The predicted octanol–water partition coefficient (Wildman–Crippen LogP) is 5.81. The molecule has 190 valence electrons. The van der Waals surface area contributed by atoms with E-state index in [0.717, 1.165) is 41.3 Å². The first-order chi connectivity index (χ1) is 18.7. The Labute approximate surface area is 224 Å². The van der Waals surface area contributed by atoms with Crippen LogP contribution in [-0.4, -0.2) is 43.6 Å². The van der Waals surface area contributed by atoms with Crippen LogP contribution in [0.25, 0.3) is 28.4 Å². The number of hydrogen-bond donors (Lipinski definition) is 1. The molecule has 0 spiro atoms. The van der Waals surface area contributed by atoms with Gasteiger partial charge in [-0.05, 0) is 66.8 Å². The Hall–Kier alpha value is -4.50. The van der Waals surface area contributed by atoms with Crippen molar-refractivity contribution in [3.8, 4) is 22.8 Å². The lowest BCUT2D eigenvalue weighted by atomic mass is 10.1. The van der Waals surface area contributed by atoms with E-state index in [1.165, 1.54) is 6.33 Å². The summed E-state index contributed by atoms with van der Waals surface area (Å²) in [6, 6.07) is 21.3. The van der Waals surface area contributed by atoms with Gasteiger partial charge in [-0.1, -0.05) is 24.3 Å². The number of nitrogen functional groups attached to an aromatic ring is 1. The highest BCUT2D eigenvalue weighted by Gasteiger charge is 2.28. The smallest absolute Gasteiger partial charge is 0.246 e. The van der Waals surface area contributed by atoms with E-state index in [4.69, 9.17) is 15.6 Å². The number of hydrogen-bond acceptors (Lipinski definition) is 7. The van der Waals surface area contributed by atoms with Crippen molar-refractivity contribution in [2.45, 2.75) is 18.9 Å². The number of aromatic nitrogens is 4. The van der Waals surface area contributed by atoms with Crippen LogP contribution in [-0.2, 0) is 4.79 Å². The number of carbonyl (C=O) groups excluding carboxylic acids is 1. The van der Waals surface area contributed by atoms with Crippen LogP contribution in [0, 0.1) is 0 Å². The van der Waals surface area contributed by atoms with Crippen molar-refractivity contribution in [2.75, 3.05) is 18.8 Å². The molecule has 0 aliphatic carbocycles. The highest BCUT2D eigenvalue weighted by Crippen LogP contribution is 2.35. The Bertz CT molecular complexity index is 1580. The van der Waals surface area contributed by atoms with Crippen LogP contribution in [0.15, 0.2) is 84.5 Å². The van der Waals surface area contributed by atoms with Gasteiger partial charge in [-0.3, -0.25) is 4.79 Å². The molecule has 2 N–H and O–H groups in total. The van der Waals surface area contributed by atoms with E-state index < -0.39 is 0 Å². The molecule has 8 nitrogen and oxygen atoms in total. The summed E-state index contributed by atoms with van der Waals surface area (Å²) in [6.45, 7) is 1.27. The molecule has 1 fully saturated rings. The number of amides is 1. The molecule has 9 heteroatoms. The summed E-state index contributed by atoms with van der Waals surface area (Å²) in [7, 11) is 0. The third-order valence-electron chi connectivity index (χ3n) is 6.61. The monoisotopic (exact) mass is 522 g/mol. The fourth-order valence-corrected chi connectivity index (χ4v) is 5.38. The Morgan fingerprint density at radius 2 is 1.84 bits per heavy atom. The van der Waals surface area contributed by atoms with E-state index in [1.54, 1.807) is 17.4 Å². The Morgan fingerprint density at radius 3 is 2.63 bits per heavy atom. The minimum Gasteiger partial charge on any atom is -0.457 e. The Morgan fingerprint density at radius 1 is 1.03 bits per heavy atom. The van der Waals surface area contributed by atoms with Crippen LogP contribution in [0.2, 0.25) is 0 Å². The molecular formula is C29H26N6O2S. The van der Waals surface area contributed by atoms with Crippen molar-refractivity contribution in [1.29, 1.82) is 0 Å². The van der Waals surface area contributed by atoms with Crippen LogP contribution in [0.1, 0.15) is 23.8 Å². The lowest BCUT2D eigenvalue weighted by Gasteiger charge is -2.32. The molecule has 3 aromatic heterocycles. The number of likely N-dealkylation sites (tertiary alicyclic amines) is 1. The highest BCUT2D eigenvalue weighted by molar-refractivity contribution is 7.10. The maximum atomic E-state index is 12.9. The summed E-state index contributed by atoms with van der Waals surface area (Å²) in [5.74, 6) is 1.88. The molecule has 1 aliphatic rings. The number of nitrogens with two attached hydrogens (primary N) is 1. The Kier molecular flexibility index (Phi) is 6.58. The van der Waals surface area contributed by atoms with Gasteiger partial charge in [0.05, 0.1) is 11.4 Å². The van der Waals surface area contributed by atoms with E-state index >= 15 is 0 Å². The van der Waals surface area contributed by atoms with E-state index in [0.29, 0.717) is 29.1 Å². The van der Waals surface area contributed by atoms with Crippen LogP contribution in [0.4, 0.5) is 5.82 Å². The fraction of sp³-hybridized carbons (Fsp3) is 0.172. The average Bonchev–Trinajstić information content (AvgIpc) is 3.62. The molecule has 1 amide bonds. The molecule has 0 saturated carbocycles. The largest absolute Gasteiger partial charge is 0.457 e. The lowest BCUT2D eigenvalue weighted by Crippen LogP contribution is -2.40. The number of fused-ring (bicyclic) bond motifs is 1. The molecular weight excluding hydrogens is 496 g/mol. The van der Waals surface area contributed by atoms with Gasteiger partial charge in [-0.2, -0.15) is 5.10 Å². The minimum atomic E-state index is -0.0194. The van der Waals surface area contributed by atoms with Gasteiger partial charge in [0.1, 0.15) is 29.3 Å². The van der Waals surface area contributed by atoms with Gasteiger partial charge in [-0.25, -0.2) is 14.6 Å². The SMILES string of the molecule is Nc1ncnc2c1c(-c1ccc(Oc3ccccc3)cc1)nn2C1CCCN(C(=O)C=Cc2cccs2)C1. The maximum Gasteiger partial charge on any atom is 0.246 e. The van der Waals surface area contributed by atoms with Gasteiger partial charge in [0, 0.05) is 29.6 Å². The summed E-state index contributed by atoms with van der Waals surface area (Å²) in [5, 5.41) is 7.69. The topological polar surface area (TPSA) is 99.2 Å². The summed E-state index contributed by atoms with van der Waals surface area (Å²) < 4.78 is 7.86. The molecule has 1 aliphatic heterocycles. The molecule has 6 rings (SSSR count). The molecule has 0 radical (unpaired) electrons. The molecule has 1 unspecified atom stereocenters. The van der Waals surface area contributed by atoms with Gasteiger partial charge in [-0.15, -0.1) is 11.3 Å². The first-order valence-corrected chi connectivity index (χ1v) is 13.4. The molecule has 1 saturated heterocycles. The zero-order valence-electron chi connectivity index (χ0n) is 20.6. The predicted molar refractivity (Wildman–Crippen MR) is 150 cm³/mol. The van der Waals surface area contributed by atoms with Crippen molar-refractivity contribution in [2.24, 2.45) is 0 Å². The number of ether oxygens (including phenoxy) is 1. The molecule has 0 bridgehead atoms. The summed E-state index contributed by atoms with van der Waals surface area (Å²) in [5.41, 5.74) is 8.60. The summed E-state index contributed by atoms with van der Waals surface area (Å²) in [6.07, 6.45) is 6.76. The first-order valence-electron chi connectivity index (χ1n) is 12.5. The van der Waals surface area contributed by atoms with Crippen molar-refractivity contribution >= 4 is 40.2 Å². The van der Waals surface area contributed by atoms with Gasteiger partial charge in [0.25, 0.3) is 0 Å². The van der Waals surface area contributed by atoms with Crippen molar-refractivity contribution in [3.05, 3.63) is 89.4 Å². The number of carbonyl (C=O) groups is 1. The number of nitrogens with zero attached hydrogens (tertiary/aromatic N) is 5. The molecule has 4 heterocycles. The second-order valence-corrected chi connectivity index (χ2v) is 10.1. The second-order valence-electron chi connectivity index (χ2n) is 9.12. The number of thiophene rings is 1. The molecule has 38 heavy (non-hydrogen) atoms. The number of anilines is 1. The van der Waals surface area contributed by atoms with E-state index in [1.807, 2.05) is 87.8 Å². The lowest BCUT2D eigenvalue weighted by molar-refractivity contribution is -0.127. The van der Waals surface area contributed by atoms with E-state index in [9.17, 15) is 4.79 Å². The standard InChI is InChI=1S/C29H26N6O2S/c30-28-26-27(20-10-12-23(13-11-20)37-22-7-2-1-3-8-22)33-35(29(26)32-19-31-28)21-6-4-16-34(18-21)25(36)15-14-24-9-5-17-38-24/h1-3,5,7-15,17,19,21H,4,6,16,18H2,(H2,30,31,32). The second kappa shape index (κ2) is 10.5. The number of rotatable bonds is 6. The first kappa shape index (κ1) is 23.9. The number of para-hydroxylation sites is 1. The zero-order valence-corrected chi connectivity index (χ0v) is 21.4. The van der Waals surface area contributed by atoms with Gasteiger partial charge in [0.2, 0.25) is 5.91 Å². The van der Waals surface area contributed by atoms with Crippen molar-refractivity contribution in [3.63, 3.8) is 0 Å². The van der Waals surface area contributed by atoms with Crippen LogP contribution in [0.3, 0.4) is 0 Å². The number of piperidine rings is 1.